The number of likely N-dealkylation sites (tertiary alicyclic amines) is 1. The van der Waals surface area contributed by atoms with Crippen molar-refractivity contribution < 1.29 is 14.7 Å². The molecule has 0 atom stereocenters. The topological polar surface area (TPSA) is 57.6 Å². The van der Waals surface area contributed by atoms with E-state index in [-0.39, 0.29) is 5.91 Å². The first-order valence-corrected chi connectivity index (χ1v) is 7.28. The number of piperidine rings is 1. The Morgan fingerprint density at radius 3 is 2.57 bits per heavy atom. The second kappa shape index (κ2) is 6.57. The number of carbonyl (C=O) groups excluding carboxylic acids is 1. The normalized spacial score (nSPS) is 16.4. The summed E-state index contributed by atoms with van der Waals surface area (Å²) in [7, 11) is 0. The van der Waals surface area contributed by atoms with E-state index in [2.05, 4.69) is 6.92 Å². The molecular formula is C17H21NO3. The van der Waals surface area contributed by atoms with E-state index in [4.69, 9.17) is 5.11 Å². The Kier molecular flexibility index (Phi) is 4.78. The first-order chi connectivity index (χ1) is 9.97. The maximum absolute atomic E-state index is 12.6. The third kappa shape index (κ3) is 3.94. The lowest BCUT2D eigenvalue weighted by molar-refractivity contribution is -0.131. The van der Waals surface area contributed by atoms with Crippen LogP contribution in [0.1, 0.15) is 41.3 Å². The summed E-state index contributed by atoms with van der Waals surface area (Å²) < 4.78 is 0. The molecule has 21 heavy (non-hydrogen) atoms. The number of carbonyl (C=O) groups is 2. The molecule has 2 rings (SSSR count). The molecule has 1 heterocycles. The molecule has 0 aliphatic carbocycles. The summed E-state index contributed by atoms with van der Waals surface area (Å²) in [6, 6.07) is 5.46. The first-order valence-electron chi connectivity index (χ1n) is 7.28. The molecule has 1 aliphatic rings. The summed E-state index contributed by atoms with van der Waals surface area (Å²) >= 11 is 0. The number of benzene rings is 1. The van der Waals surface area contributed by atoms with Crippen LogP contribution in [0.5, 0.6) is 0 Å². The first kappa shape index (κ1) is 15.3. The molecule has 0 spiro atoms. The van der Waals surface area contributed by atoms with Crippen LogP contribution in [-0.2, 0) is 4.79 Å². The molecule has 0 saturated carbocycles. The third-order valence-corrected chi connectivity index (χ3v) is 3.98. The minimum absolute atomic E-state index is 0.0463. The SMILES string of the molecule is Cc1ccc(C=CC(=O)O)cc1C(=O)N1CCC(C)CC1. The second-order valence-electron chi connectivity index (χ2n) is 5.72. The third-order valence-electron chi connectivity index (χ3n) is 3.98. The highest BCUT2D eigenvalue weighted by atomic mass is 16.4. The summed E-state index contributed by atoms with van der Waals surface area (Å²) in [5, 5.41) is 8.67. The van der Waals surface area contributed by atoms with Gasteiger partial charge in [0.1, 0.15) is 0 Å². The standard InChI is InChI=1S/C17H21NO3/c1-12-7-9-18(10-8-12)17(21)15-11-14(4-3-13(15)2)5-6-16(19)20/h3-6,11-12H,7-10H2,1-2H3,(H,19,20). The van der Waals surface area contributed by atoms with Crippen molar-refractivity contribution in [1.82, 2.24) is 4.90 Å². The van der Waals surface area contributed by atoms with E-state index in [9.17, 15) is 9.59 Å². The molecule has 112 valence electrons. The fourth-order valence-corrected chi connectivity index (χ4v) is 2.52. The van der Waals surface area contributed by atoms with E-state index < -0.39 is 5.97 Å². The van der Waals surface area contributed by atoms with Crippen LogP contribution in [0.25, 0.3) is 6.08 Å². The van der Waals surface area contributed by atoms with Gasteiger partial charge in [0, 0.05) is 24.7 Å². The van der Waals surface area contributed by atoms with Crippen LogP contribution in [-0.4, -0.2) is 35.0 Å². The number of aryl methyl sites for hydroxylation is 1. The Balaban J connectivity index is 2.20. The summed E-state index contributed by atoms with van der Waals surface area (Å²) in [6.45, 7) is 5.72. The fraction of sp³-hybridized carbons (Fsp3) is 0.412. The molecule has 0 radical (unpaired) electrons. The highest BCUT2D eigenvalue weighted by molar-refractivity contribution is 5.96. The molecule has 1 aromatic rings. The van der Waals surface area contributed by atoms with Crippen LogP contribution in [0.4, 0.5) is 0 Å². The van der Waals surface area contributed by atoms with Crippen molar-refractivity contribution in [3.05, 3.63) is 41.0 Å². The lowest BCUT2D eigenvalue weighted by Crippen LogP contribution is -2.38. The Labute approximate surface area is 125 Å². The summed E-state index contributed by atoms with van der Waals surface area (Å²) in [5.74, 6) is -0.265. The Morgan fingerprint density at radius 2 is 1.95 bits per heavy atom. The van der Waals surface area contributed by atoms with Crippen LogP contribution < -0.4 is 0 Å². The van der Waals surface area contributed by atoms with Crippen LogP contribution in [0, 0.1) is 12.8 Å². The zero-order chi connectivity index (χ0) is 15.4. The quantitative estimate of drug-likeness (QED) is 0.870. The van der Waals surface area contributed by atoms with E-state index in [0.717, 1.165) is 43.1 Å². The summed E-state index contributed by atoms with van der Waals surface area (Å²) in [5.41, 5.74) is 2.32. The molecule has 1 N–H and O–H groups in total. The fourth-order valence-electron chi connectivity index (χ4n) is 2.52. The van der Waals surface area contributed by atoms with Crippen LogP contribution in [0.2, 0.25) is 0 Å². The minimum atomic E-state index is -0.992. The highest BCUT2D eigenvalue weighted by Gasteiger charge is 2.22. The van der Waals surface area contributed by atoms with Gasteiger partial charge in [-0.05, 0) is 49.0 Å². The number of hydrogen-bond donors (Lipinski definition) is 1. The molecule has 1 aliphatic heterocycles. The molecule has 4 heteroatoms. The molecule has 0 aromatic heterocycles. The van der Waals surface area contributed by atoms with Crippen molar-refractivity contribution in [1.29, 1.82) is 0 Å². The van der Waals surface area contributed by atoms with Crippen molar-refractivity contribution in [2.45, 2.75) is 26.7 Å². The van der Waals surface area contributed by atoms with E-state index in [0.29, 0.717) is 11.5 Å². The maximum Gasteiger partial charge on any atom is 0.328 e. The molecule has 0 unspecified atom stereocenters. The van der Waals surface area contributed by atoms with E-state index in [1.54, 1.807) is 6.07 Å². The van der Waals surface area contributed by atoms with Gasteiger partial charge in [0.05, 0.1) is 0 Å². The van der Waals surface area contributed by atoms with E-state index >= 15 is 0 Å². The number of carboxylic acids is 1. The Hall–Kier alpha value is -2.10. The van der Waals surface area contributed by atoms with Crippen molar-refractivity contribution in [2.75, 3.05) is 13.1 Å². The molecule has 1 fully saturated rings. The molecule has 4 nitrogen and oxygen atoms in total. The average molecular weight is 287 g/mol. The zero-order valence-corrected chi connectivity index (χ0v) is 12.5. The Bertz CT molecular complexity index is 569. The highest BCUT2D eigenvalue weighted by Crippen LogP contribution is 2.20. The van der Waals surface area contributed by atoms with Gasteiger partial charge < -0.3 is 10.0 Å². The predicted octanol–water partition coefficient (Wildman–Crippen LogP) is 2.96. The van der Waals surface area contributed by atoms with Crippen LogP contribution >= 0.6 is 0 Å². The van der Waals surface area contributed by atoms with Gasteiger partial charge in [0.2, 0.25) is 0 Å². The lowest BCUT2D eigenvalue weighted by atomic mass is 9.97. The summed E-state index contributed by atoms with van der Waals surface area (Å²) in [4.78, 5) is 25.1. The Morgan fingerprint density at radius 1 is 1.29 bits per heavy atom. The van der Waals surface area contributed by atoms with Crippen molar-refractivity contribution >= 4 is 18.0 Å². The second-order valence-corrected chi connectivity index (χ2v) is 5.72. The van der Waals surface area contributed by atoms with Gasteiger partial charge in [-0.15, -0.1) is 0 Å². The molecule has 1 amide bonds. The van der Waals surface area contributed by atoms with Gasteiger partial charge in [0.25, 0.3) is 5.91 Å². The van der Waals surface area contributed by atoms with Gasteiger partial charge in [-0.1, -0.05) is 19.1 Å². The number of aliphatic carboxylic acids is 1. The maximum atomic E-state index is 12.6. The molecule has 1 aromatic carbocycles. The smallest absolute Gasteiger partial charge is 0.328 e. The molecule has 1 saturated heterocycles. The van der Waals surface area contributed by atoms with E-state index in [1.807, 2.05) is 24.0 Å². The van der Waals surface area contributed by atoms with E-state index in [1.165, 1.54) is 6.08 Å². The number of hydrogen-bond acceptors (Lipinski definition) is 2. The summed E-state index contributed by atoms with van der Waals surface area (Å²) in [6.07, 6.45) is 4.69. The number of nitrogens with zero attached hydrogens (tertiary/aromatic N) is 1. The van der Waals surface area contributed by atoms with Crippen molar-refractivity contribution in [2.24, 2.45) is 5.92 Å². The van der Waals surface area contributed by atoms with Gasteiger partial charge in [-0.25, -0.2) is 4.79 Å². The average Bonchev–Trinajstić information content (AvgIpc) is 2.46. The largest absolute Gasteiger partial charge is 0.478 e. The molecular weight excluding hydrogens is 266 g/mol. The van der Waals surface area contributed by atoms with Crippen molar-refractivity contribution in [3.8, 4) is 0 Å². The minimum Gasteiger partial charge on any atom is -0.478 e. The number of amides is 1. The molecule has 0 bridgehead atoms. The monoisotopic (exact) mass is 287 g/mol. The predicted molar refractivity (Wildman–Crippen MR) is 82.2 cm³/mol. The zero-order valence-electron chi connectivity index (χ0n) is 12.5. The number of carboxylic acid groups (broad SMARTS) is 1. The number of rotatable bonds is 3. The van der Waals surface area contributed by atoms with Gasteiger partial charge in [0.15, 0.2) is 0 Å². The lowest BCUT2D eigenvalue weighted by Gasteiger charge is -2.30. The van der Waals surface area contributed by atoms with Crippen LogP contribution in [0.15, 0.2) is 24.3 Å². The van der Waals surface area contributed by atoms with Crippen LogP contribution in [0.3, 0.4) is 0 Å². The van der Waals surface area contributed by atoms with Crippen molar-refractivity contribution in [3.63, 3.8) is 0 Å². The van der Waals surface area contributed by atoms with Gasteiger partial charge in [-0.3, -0.25) is 4.79 Å². The van der Waals surface area contributed by atoms with Gasteiger partial charge >= 0.3 is 5.97 Å². The van der Waals surface area contributed by atoms with Gasteiger partial charge in [-0.2, -0.15) is 0 Å².